The van der Waals surface area contributed by atoms with E-state index in [1.54, 1.807) is 6.92 Å². The first kappa shape index (κ1) is 15.9. The number of likely N-dealkylation sites (tertiary alicyclic amines) is 1. The summed E-state index contributed by atoms with van der Waals surface area (Å²) in [5, 5.41) is 13.0. The SMILES string of the molecule is CCC(C(=O)O)N1CCCC(c2nc(C)no2)C1.Cl. The van der Waals surface area contributed by atoms with E-state index >= 15 is 0 Å². The number of carboxylic acids is 1. The third kappa shape index (κ3) is 3.67. The Morgan fingerprint density at radius 1 is 1.63 bits per heavy atom. The summed E-state index contributed by atoms with van der Waals surface area (Å²) >= 11 is 0. The van der Waals surface area contributed by atoms with E-state index in [9.17, 15) is 9.90 Å². The van der Waals surface area contributed by atoms with Gasteiger partial charge in [0.1, 0.15) is 6.04 Å². The number of piperidine rings is 1. The van der Waals surface area contributed by atoms with E-state index in [-0.39, 0.29) is 18.3 Å². The lowest BCUT2D eigenvalue weighted by Crippen LogP contribution is -2.45. The Kier molecular flexibility index (Phi) is 5.75. The highest BCUT2D eigenvalue weighted by molar-refractivity contribution is 5.85. The fraction of sp³-hybridized carbons (Fsp3) is 0.750. The lowest BCUT2D eigenvalue weighted by molar-refractivity contribution is -0.144. The topological polar surface area (TPSA) is 79.5 Å². The Balaban J connectivity index is 0.00000180. The Morgan fingerprint density at radius 2 is 2.37 bits per heavy atom. The summed E-state index contributed by atoms with van der Waals surface area (Å²) in [7, 11) is 0. The number of halogens is 1. The predicted molar refractivity (Wildman–Crippen MR) is 71.5 cm³/mol. The van der Waals surface area contributed by atoms with Crippen LogP contribution in [0.3, 0.4) is 0 Å². The van der Waals surface area contributed by atoms with E-state index in [1.165, 1.54) is 0 Å². The molecule has 1 aromatic heterocycles. The van der Waals surface area contributed by atoms with Crippen molar-refractivity contribution in [2.24, 2.45) is 0 Å². The molecule has 1 fully saturated rings. The van der Waals surface area contributed by atoms with Gasteiger partial charge in [-0.1, -0.05) is 12.1 Å². The number of aryl methyl sites for hydroxylation is 1. The van der Waals surface area contributed by atoms with Crippen LogP contribution >= 0.6 is 12.4 Å². The molecule has 7 heteroatoms. The smallest absolute Gasteiger partial charge is 0.320 e. The molecule has 1 aliphatic rings. The van der Waals surface area contributed by atoms with Gasteiger partial charge >= 0.3 is 5.97 Å². The zero-order chi connectivity index (χ0) is 13.1. The van der Waals surface area contributed by atoms with Crippen molar-refractivity contribution in [1.82, 2.24) is 15.0 Å². The number of nitrogens with zero attached hydrogens (tertiary/aromatic N) is 3. The van der Waals surface area contributed by atoms with Crippen LogP contribution in [0.15, 0.2) is 4.52 Å². The van der Waals surface area contributed by atoms with Crippen LogP contribution in [0.25, 0.3) is 0 Å². The third-order valence-corrected chi connectivity index (χ3v) is 3.46. The van der Waals surface area contributed by atoms with Gasteiger partial charge in [0.15, 0.2) is 5.82 Å². The summed E-state index contributed by atoms with van der Waals surface area (Å²) in [6.45, 7) is 5.21. The molecule has 2 unspecified atom stereocenters. The van der Waals surface area contributed by atoms with Gasteiger partial charge in [-0.05, 0) is 32.7 Å². The Hall–Kier alpha value is -1.14. The molecular weight excluding hydrogens is 270 g/mol. The Bertz CT molecular complexity index is 424. The lowest BCUT2D eigenvalue weighted by Gasteiger charge is -2.34. The molecule has 0 saturated carbocycles. The van der Waals surface area contributed by atoms with E-state index in [2.05, 4.69) is 10.1 Å². The van der Waals surface area contributed by atoms with Crippen LogP contribution in [0.4, 0.5) is 0 Å². The first-order chi connectivity index (χ1) is 8.61. The van der Waals surface area contributed by atoms with Crippen LogP contribution in [0.1, 0.15) is 43.8 Å². The van der Waals surface area contributed by atoms with Crippen molar-refractivity contribution >= 4 is 18.4 Å². The zero-order valence-corrected chi connectivity index (χ0v) is 12.0. The second-order valence-corrected chi connectivity index (χ2v) is 4.78. The molecule has 6 nitrogen and oxygen atoms in total. The molecule has 1 aliphatic heterocycles. The molecule has 1 N–H and O–H groups in total. The van der Waals surface area contributed by atoms with Crippen LogP contribution < -0.4 is 0 Å². The molecule has 108 valence electrons. The lowest BCUT2D eigenvalue weighted by atomic mass is 9.96. The first-order valence-electron chi connectivity index (χ1n) is 6.39. The highest BCUT2D eigenvalue weighted by Gasteiger charge is 2.31. The predicted octanol–water partition coefficient (Wildman–Crippen LogP) is 1.84. The fourth-order valence-electron chi connectivity index (χ4n) is 2.56. The highest BCUT2D eigenvalue weighted by Crippen LogP contribution is 2.27. The number of carboxylic acid groups (broad SMARTS) is 1. The number of carbonyl (C=O) groups is 1. The molecule has 1 saturated heterocycles. The minimum atomic E-state index is -0.750. The molecule has 0 aliphatic carbocycles. The van der Waals surface area contributed by atoms with E-state index in [1.807, 2.05) is 11.8 Å². The van der Waals surface area contributed by atoms with Gasteiger partial charge in [0.05, 0.1) is 5.92 Å². The molecule has 2 rings (SSSR count). The van der Waals surface area contributed by atoms with Crippen molar-refractivity contribution in [3.8, 4) is 0 Å². The van der Waals surface area contributed by atoms with Crippen molar-refractivity contribution in [1.29, 1.82) is 0 Å². The second kappa shape index (κ2) is 6.86. The quantitative estimate of drug-likeness (QED) is 0.911. The van der Waals surface area contributed by atoms with Gasteiger partial charge in [0, 0.05) is 6.54 Å². The minimum absolute atomic E-state index is 0. The van der Waals surface area contributed by atoms with Crippen LogP contribution in [0.2, 0.25) is 0 Å². The summed E-state index contributed by atoms with van der Waals surface area (Å²) in [5.41, 5.74) is 0. The van der Waals surface area contributed by atoms with Gasteiger partial charge in [-0.3, -0.25) is 9.69 Å². The average Bonchev–Trinajstić information content (AvgIpc) is 2.77. The standard InChI is InChI=1S/C12H19N3O3.ClH/c1-3-10(12(16)17)15-6-4-5-9(7-15)11-13-8(2)14-18-11;/h9-10H,3-7H2,1-2H3,(H,16,17);1H. The molecule has 19 heavy (non-hydrogen) atoms. The van der Waals surface area contributed by atoms with Gasteiger partial charge in [-0.25, -0.2) is 0 Å². The molecule has 0 radical (unpaired) electrons. The molecule has 0 spiro atoms. The van der Waals surface area contributed by atoms with Crippen molar-refractivity contribution in [3.05, 3.63) is 11.7 Å². The summed E-state index contributed by atoms with van der Waals surface area (Å²) in [6, 6.07) is -0.406. The Labute approximate surface area is 118 Å². The summed E-state index contributed by atoms with van der Waals surface area (Å²) < 4.78 is 5.19. The molecular formula is C12H20ClN3O3. The number of aromatic nitrogens is 2. The van der Waals surface area contributed by atoms with Crippen LogP contribution in [0.5, 0.6) is 0 Å². The molecule has 0 bridgehead atoms. The first-order valence-corrected chi connectivity index (χ1v) is 6.39. The van der Waals surface area contributed by atoms with Crippen molar-refractivity contribution < 1.29 is 14.4 Å². The number of rotatable bonds is 4. The van der Waals surface area contributed by atoms with Crippen molar-refractivity contribution in [2.45, 2.75) is 45.1 Å². The van der Waals surface area contributed by atoms with E-state index in [0.717, 1.165) is 19.4 Å². The van der Waals surface area contributed by atoms with Gasteiger partial charge in [0.25, 0.3) is 0 Å². The van der Waals surface area contributed by atoms with Gasteiger partial charge in [0.2, 0.25) is 5.89 Å². The summed E-state index contributed by atoms with van der Waals surface area (Å²) in [5.74, 6) is 0.679. The highest BCUT2D eigenvalue weighted by atomic mass is 35.5. The van der Waals surface area contributed by atoms with E-state index < -0.39 is 12.0 Å². The molecule has 2 atom stereocenters. The number of hydrogen-bond acceptors (Lipinski definition) is 5. The van der Waals surface area contributed by atoms with Crippen LogP contribution in [0, 0.1) is 6.92 Å². The third-order valence-electron chi connectivity index (χ3n) is 3.46. The molecule has 1 aromatic rings. The summed E-state index contributed by atoms with van der Waals surface area (Å²) in [4.78, 5) is 17.4. The van der Waals surface area contributed by atoms with E-state index in [4.69, 9.17) is 4.52 Å². The normalized spacial score (nSPS) is 21.7. The van der Waals surface area contributed by atoms with Crippen molar-refractivity contribution in [2.75, 3.05) is 13.1 Å². The zero-order valence-electron chi connectivity index (χ0n) is 11.2. The maximum Gasteiger partial charge on any atom is 0.320 e. The average molecular weight is 290 g/mol. The van der Waals surface area contributed by atoms with Gasteiger partial charge in [-0.15, -0.1) is 12.4 Å². The maximum atomic E-state index is 11.2. The molecule has 0 aromatic carbocycles. The largest absolute Gasteiger partial charge is 0.480 e. The van der Waals surface area contributed by atoms with Gasteiger partial charge < -0.3 is 9.63 Å². The fourth-order valence-corrected chi connectivity index (χ4v) is 2.56. The van der Waals surface area contributed by atoms with Crippen LogP contribution in [-0.2, 0) is 4.79 Å². The number of hydrogen-bond donors (Lipinski definition) is 1. The Morgan fingerprint density at radius 3 is 2.89 bits per heavy atom. The number of aliphatic carboxylic acids is 1. The van der Waals surface area contributed by atoms with Crippen molar-refractivity contribution in [3.63, 3.8) is 0 Å². The monoisotopic (exact) mass is 289 g/mol. The maximum absolute atomic E-state index is 11.2. The minimum Gasteiger partial charge on any atom is -0.480 e. The van der Waals surface area contributed by atoms with Gasteiger partial charge in [-0.2, -0.15) is 4.98 Å². The van der Waals surface area contributed by atoms with E-state index in [0.29, 0.717) is 24.7 Å². The molecule has 2 heterocycles. The van der Waals surface area contributed by atoms with Crippen LogP contribution in [-0.4, -0.2) is 45.2 Å². The molecule has 0 amide bonds. The summed E-state index contributed by atoms with van der Waals surface area (Å²) in [6.07, 6.45) is 2.56. The second-order valence-electron chi connectivity index (χ2n) is 4.78.